The van der Waals surface area contributed by atoms with Crippen LogP contribution in [0.15, 0.2) is 36.5 Å². The van der Waals surface area contributed by atoms with Crippen LogP contribution in [0.1, 0.15) is 34.5 Å². The Hall–Kier alpha value is -2.47. The lowest BCUT2D eigenvalue weighted by molar-refractivity contribution is 0.0728. The molecule has 1 unspecified atom stereocenters. The molecule has 1 fully saturated rings. The molecular formula is C19H22N4O2. The van der Waals surface area contributed by atoms with Crippen LogP contribution in [0.5, 0.6) is 0 Å². The van der Waals surface area contributed by atoms with Gasteiger partial charge in [-0.15, -0.1) is 0 Å². The van der Waals surface area contributed by atoms with E-state index in [1.54, 1.807) is 12.3 Å². The highest BCUT2D eigenvalue weighted by atomic mass is 16.5. The molecule has 1 amide bonds. The molecule has 2 aliphatic heterocycles. The molecule has 4 rings (SSSR count). The lowest BCUT2D eigenvalue weighted by Gasteiger charge is -2.28. The summed E-state index contributed by atoms with van der Waals surface area (Å²) >= 11 is 0. The van der Waals surface area contributed by atoms with E-state index in [0.29, 0.717) is 24.7 Å². The number of benzene rings is 1. The molecule has 1 atom stereocenters. The van der Waals surface area contributed by atoms with Gasteiger partial charge in [0.2, 0.25) is 5.95 Å². The predicted octanol–water partition coefficient (Wildman–Crippen LogP) is 2.27. The van der Waals surface area contributed by atoms with Crippen LogP contribution in [0.25, 0.3) is 0 Å². The molecule has 1 N–H and O–H groups in total. The number of anilines is 1. The Kier molecular flexibility index (Phi) is 4.61. The average molecular weight is 338 g/mol. The van der Waals surface area contributed by atoms with Crippen molar-refractivity contribution in [1.29, 1.82) is 0 Å². The monoisotopic (exact) mass is 338 g/mol. The van der Waals surface area contributed by atoms with Crippen molar-refractivity contribution < 1.29 is 9.53 Å². The largest absolute Gasteiger partial charge is 0.376 e. The number of ether oxygens (including phenoxy) is 1. The minimum absolute atomic E-state index is 0.0444. The van der Waals surface area contributed by atoms with Gasteiger partial charge in [-0.3, -0.25) is 4.79 Å². The molecule has 1 aromatic heterocycles. The standard InChI is InChI=1S/C19H22N4O2/c24-18(23-10-8-14-4-1-2-5-15(14)13-23)17-7-9-20-19(22-17)21-12-16-6-3-11-25-16/h1-2,4-5,7,9,16H,3,6,8,10-13H2,(H,20,21,22). The van der Waals surface area contributed by atoms with Gasteiger partial charge in [0.25, 0.3) is 5.91 Å². The molecule has 0 spiro atoms. The zero-order chi connectivity index (χ0) is 17.1. The quantitative estimate of drug-likeness (QED) is 0.926. The molecule has 0 saturated carbocycles. The first-order valence-electron chi connectivity index (χ1n) is 8.84. The first-order chi connectivity index (χ1) is 12.3. The highest BCUT2D eigenvalue weighted by molar-refractivity contribution is 5.92. The second-order valence-electron chi connectivity index (χ2n) is 6.53. The number of amides is 1. The third-order valence-electron chi connectivity index (χ3n) is 4.80. The summed E-state index contributed by atoms with van der Waals surface area (Å²) in [7, 11) is 0. The number of carbonyl (C=O) groups is 1. The molecule has 1 saturated heterocycles. The second kappa shape index (κ2) is 7.19. The number of nitrogens with one attached hydrogen (secondary N) is 1. The van der Waals surface area contributed by atoms with Gasteiger partial charge in [0, 0.05) is 32.4 Å². The first-order valence-corrected chi connectivity index (χ1v) is 8.84. The van der Waals surface area contributed by atoms with Gasteiger partial charge in [-0.2, -0.15) is 0 Å². The van der Waals surface area contributed by atoms with E-state index < -0.39 is 0 Å². The molecule has 0 bridgehead atoms. The van der Waals surface area contributed by atoms with Crippen molar-refractivity contribution in [2.75, 3.05) is 25.0 Å². The number of carbonyl (C=O) groups excluding carboxylic acids is 1. The summed E-state index contributed by atoms with van der Waals surface area (Å²) in [5, 5.41) is 3.18. The molecule has 0 radical (unpaired) electrons. The van der Waals surface area contributed by atoms with Crippen LogP contribution >= 0.6 is 0 Å². The Morgan fingerprint density at radius 3 is 3.00 bits per heavy atom. The van der Waals surface area contributed by atoms with E-state index in [1.807, 2.05) is 17.0 Å². The smallest absolute Gasteiger partial charge is 0.272 e. The predicted molar refractivity (Wildman–Crippen MR) is 94.4 cm³/mol. The van der Waals surface area contributed by atoms with Gasteiger partial charge in [-0.1, -0.05) is 24.3 Å². The summed E-state index contributed by atoms with van der Waals surface area (Å²) in [5.74, 6) is 0.441. The number of fused-ring (bicyclic) bond motifs is 1. The van der Waals surface area contributed by atoms with E-state index in [4.69, 9.17) is 4.74 Å². The van der Waals surface area contributed by atoms with Crippen molar-refractivity contribution in [1.82, 2.24) is 14.9 Å². The summed E-state index contributed by atoms with van der Waals surface area (Å²) in [6.45, 7) is 2.85. The molecule has 25 heavy (non-hydrogen) atoms. The average Bonchev–Trinajstić information content (AvgIpc) is 3.19. The van der Waals surface area contributed by atoms with E-state index in [2.05, 4.69) is 27.4 Å². The zero-order valence-electron chi connectivity index (χ0n) is 14.1. The maximum absolute atomic E-state index is 12.8. The molecule has 2 aromatic rings. The third-order valence-corrected chi connectivity index (χ3v) is 4.80. The second-order valence-corrected chi connectivity index (χ2v) is 6.53. The van der Waals surface area contributed by atoms with E-state index in [1.165, 1.54) is 11.1 Å². The Bertz CT molecular complexity index is 759. The van der Waals surface area contributed by atoms with Gasteiger partial charge in [0.15, 0.2) is 0 Å². The van der Waals surface area contributed by atoms with Crippen LogP contribution in [0.2, 0.25) is 0 Å². The lowest BCUT2D eigenvalue weighted by Crippen LogP contribution is -2.36. The van der Waals surface area contributed by atoms with E-state index >= 15 is 0 Å². The lowest BCUT2D eigenvalue weighted by atomic mass is 10.00. The molecule has 2 aliphatic rings. The van der Waals surface area contributed by atoms with Crippen molar-refractivity contribution in [3.8, 4) is 0 Å². The van der Waals surface area contributed by atoms with Crippen molar-refractivity contribution in [3.05, 3.63) is 53.3 Å². The third kappa shape index (κ3) is 3.64. The van der Waals surface area contributed by atoms with Crippen LogP contribution in [0.3, 0.4) is 0 Å². The van der Waals surface area contributed by atoms with Crippen molar-refractivity contribution in [2.45, 2.75) is 31.9 Å². The molecule has 6 heteroatoms. The molecule has 6 nitrogen and oxygen atoms in total. The first kappa shape index (κ1) is 16.0. The van der Waals surface area contributed by atoms with Crippen LogP contribution in [-0.2, 0) is 17.7 Å². The molecule has 1 aromatic carbocycles. The summed E-state index contributed by atoms with van der Waals surface area (Å²) in [4.78, 5) is 23.3. The van der Waals surface area contributed by atoms with Gasteiger partial charge >= 0.3 is 0 Å². The van der Waals surface area contributed by atoms with Crippen LogP contribution in [0, 0.1) is 0 Å². The molecule has 0 aliphatic carbocycles. The van der Waals surface area contributed by atoms with Gasteiger partial charge in [0.05, 0.1) is 6.10 Å². The van der Waals surface area contributed by atoms with Crippen LogP contribution in [-0.4, -0.2) is 46.6 Å². The zero-order valence-corrected chi connectivity index (χ0v) is 14.1. The molecule has 130 valence electrons. The number of nitrogens with zero attached hydrogens (tertiary/aromatic N) is 3. The fourth-order valence-electron chi connectivity index (χ4n) is 3.40. The normalized spacial score (nSPS) is 19.5. The fourth-order valence-corrected chi connectivity index (χ4v) is 3.40. The number of aromatic nitrogens is 2. The topological polar surface area (TPSA) is 67.3 Å². The minimum Gasteiger partial charge on any atom is -0.376 e. The maximum Gasteiger partial charge on any atom is 0.272 e. The molecular weight excluding hydrogens is 316 g/mol. The van der Waals surface area contributed by atoms with E-state index in [0.717, 1.165) is 32.4 Å². The number of hydrogen-bond acceptors (Lipinski definition) is 5. The highest BCUT2D eigenvalue weighted by Crippen LogP contribution is 2.20. The van der Waals surface area contributed by atoms with Gasteiger partial charge < -0.3 is 15.0 Å². The SMILES string of the molecule is O=C(c1ccnc(NCC2CCCO2)n1)N1CCc2ccccc2C1. The Morgan fingerprint density at radius 2 is 2.16 bits per heavy atom. The van der Waals surface area contributed by atoms with Gasteiger partial charge in [-0.25, -0.2) is 9.97 Å². The van der Waals surface area contributed by atoms with Crippen LogP contribution < -0.4 is 5.32 Å². The summed E-state index contributed by atoms with van der Waals surface area (Å²) in [6.07, 6.45) is 4.88. The highest BCUT2D eigenvalue weighted by Gasteiger charge is 2.23. The number of rotatable bonds is 4. The Morgan fingerprint density at radius 1 is 1.28 bits per heavy atom. The van der Waals surface area contributed by atoms with E-state index in [-0.39, 0.29) is 12.0 Å². The van der Waals surface area contributed by atoms with Crippen molar-refractivity contribution >= 4 is 11.9 Å². The van der Waals surface area contributed by atoms with Crippen molar-refractivity contribution in [2.24, 2.45) is 0 Å². The summed E-state index contributed by atoms with van der Waals surface area (Å²) in [5.41, 5.74) is 2.98. The number of hydrogen-bond donors (Lipinski definition) is 1. The van der Waals surface area contributed by atoms with Gasteiger partial charge in [-0.05, 0) is 36.5 Å². The van der Waals surface area contributed by atoms with E-state index in [9.17, 15) is 4.79 Å². The van der Waals surface area contributed by atoms with Gasteiger partial charge in [0.1, 0.15) is 5.69 Å². The minimum atomic E-state index is -0.0444. The van der Waals surface area contributed by atoms with Crippen LogP contribution in [0.4, 0.5) is 5.95 Å². The summed E-state index contributed by atoms with van der Waals surface area (Å²) in [6, 6.07) is 9.97. The fraction of sp³-hybridized carbons (Fsp3) is 0.421. The molecule has 3 heterocycles. The Balaban J connectivity index is 1.42. The Labute approximate surface area is 147 Å². The maximum atomic E-state index is 12.8. The van der Waals surface area contributed by atoms with Crippen molar-refractivity contribution in [3.63, 3.8) is 0 Å². The summed E-state index contributed by atoms with van der Waals surface area (Å²) < 4.78 is 5.59.